The van der Waals surface area contributed by atoms with Gasteiger partial charge < -0.3 is 19.7 Å². The standard InChI is InChI=1S/C22H26N2O4/c1-27-19-12-6-10-17(21(19)28-2)15-23-22(26)18-11-7-13-24(18)20(25)14-16-8-4-3-5-9-16/h3-6,8-10,12,18H,7,11,13-15H2,1-2H3,(H,23,26). The molecule has 0 aromatic heterocycles. The molecule has 3 rings (SSSR count). The lowest BCUT2D eigenvalue weighted by molar-refractivity contribution is -0.138. The molecular formula is C22H26N2O4. The Balaban J connectivity index is 1.63. The van der Waals surface area contributed by atoms with Crippen LogP contribution in [0.4, 0.5) is 0 Å². The number of hydrogen-bond donors (Lipinski definition) is 1. The number of carbonyl (C=O) groups excluding carboxylic acids is 2. The van der Waals surface area contributed by atoms with Crippen LogP contribution in [0.15, 0.2) is 48.5 Å². The van der Waals surface area contributed by atoms with Crippen molar-refractivity contribution in [3.05, 3.63) is 59.7 Å². The number of ether oxygens (including phenoxy) is 2. The van der Waals surface area contributed by atoms with Gasteiger partial charge in [0.2, 0.25) is 11.8 Å². The Labute approximate surface area is 165 Å². The second-order valence-electron chi connectivity index (χ2n) is 6.78. The lowest BCUT2D eigenvalue weighted by Gasteiger charge is -2.24. The smallest absolute Gasteiger partial charge is 0.243 e. The lowest BCUT2D eigenvalue weighted by atomic mass is 10.1. The molecule has 2 aromatic rings. The fraction of sp³-hybridized carbons (Fsp3) is 0.364. The molecule has 1 heterocycles. The van der Waals surface area contributed by atoms with E-state index < -0.39 is 6.04 Å². The molecule has 6 heteroatoms. The van der Waals surface area contributed by atoms with Crippen LogP contribution in [0.3, 0.4) is 0 Å². The highest BCUT2D eigenvalue weighted by Crippen LogP contribution is 2.30. The van der Waals surface area contributed by atoms with Crippen molar-refractivity contribution in [3.63, 3.8) is 0 Å². The van der Waals surface area contributed by atoms with E-state index in [1.807, 2.05) is 48.5 Å². The number of nitrogens with one attached hydrogen (secondary N) is 1. The Hall–Kier alpha value is -3.02. The lowest BCUT2D eigenvalue weighted by Crippen LogP contribution is -2.46. The number of para-hydroxylation sites is 1. The van der Waals surface area contributed by atoms with Crippen molar-refractivity contribution in [1.29, 1.82) is 0 Å². The van der Waals surface area contributed by atoms with Crippen LogP contribution in [0.1, 0.15) is 24.0 Å². The van der Waals surface area contributed by atoms with E-state index in [2.05, 4.69) is 5.32 Å². The third-order valence-electron chi connectivity index (χ3n) is 5.01. The van der Waals surface area contributed by atoms with E-state index in [0.29, 0.717) is 37.4 Å². The predicted octanol–water partition coefficient (Wildman–Crippen LogP) is 2.55. The molecule has 2 amide bonds. The molecule has 1 aliphatic heterocycles. The number of rotatable bonds is 7. The van der Waals surface area contributed by atoms with Gasteiger partial charge in [-0.05, 0) is 24.5 Å². The Bertz CT molecular complexity index is 823. The van der Waals surface area contributed by atoms with Gasteiger partial charge in [0.15, 0.2) is 11.5 Å². The van der Waals surface area contributed by atoms with Crippen LogP contribution in [0.25, 0.3) is 0 Å². The van der Waals surface area contributed by atoms with Crippen molar-refractivity contribution in [3.8, 4) is 11.5 Å². The number of likely N-dealkylation sites (tertiary alicyclic amines) is 1. The van der Waals surface area contributed by atoms with Gasteiger partial charge in [-0.3, -0.25) is 9.59 Å². The van der Waals surface area contributed by atoms with E-state index in [0.717, 1.165) is 17.5 Å². The average Bonchev–Trinajstić information content (AvgIpc) is 3.22. The van der Waals surface area contributed by atoms with Crippen LogP contribution >= 0.6 is 0 Å². The van der Waals surface area contributed by atoms with Crippen molar-refractivity contribution in [2.45, 2.75) is 31.8 Å². The summed E-state index contributed by atoms with van der Waals surface area (Å²) in [6.45, 7) is 0.933. The SMILES string of the molecule is COc1cccc(CNC(=O)C2CCCN2C(=O)Cc2ccccc2)c1OC. The van der Waals surface area contributed by atoms with Crippen molar-refractivity contribution >= 4 is 11.8 Å². The minimum absolute atomic E-state index is 0.0113. The Morgan fingerprint density at radius 1 is 1.07 bits per heavy atom. The zero-order valence-corrected chi connectivity index (χ0v) is 16.3. The molecule has 28 heavy (non-hydrogen) atoms. The molecule has 1 unspecified atom stereocenters. The van der Waals surface area contributed by atoms with Crippen LogP contribution in [-0.2, 0) is 22.6 Å². The Morgan fingerprint density at radius 3 is 2.57 bits per heavy atom. The fourth-order valence-electron chi connectivity index (χ4n) is 3.60. The second-order valence-corrected chi connectivity index (χ2v) is 6.78. The maximum atomic E-state index is 12.8. The van der Waals surface area contributed by atoms with E-state index in [4.69, 9.17) is 9.47 Å². The van der Waals surface area contributed by atoms with Gasteiger partial charge in [-0.25, -0.2) is 0 Å². The number of methoxy groups -OCH3 is 2. The van der Waals surface area contributed by atoms with Gasteiger partial charge in [-0.2, -0.15) is 0 Å². The Morgan fingerprint density at radius 2 is 1.86 bits per heavy atom. The summed E-state index contributed by atoms with van der Waals surface area (Å²) in [5.74, 6) is 1.08. The molecule has 0 bridgehead atoms. The van der Waals surface area contributed by atoms with Crippen molar-refractivity contribution in [2.24, 2.45) is 0 Å². The van der Waals surface area contributed by atoms with Gasteiger partial charge >= 0.3 is 0 Å². The topological polar surface area (TPSA) is 67.9 Å². The summed E-state index contributed by atoms with van der Waals surface area (Å²) in [5, 5.41) is 2.95. The minimum atomic E-state index is -0.423. The first-order valence-electron chi connectivity index (χ1n) is 9.45. The molecule has 1 aliphatic rings. The van der Waals surface area contributed by atoms with Crippen LogP contribution in [0, 0.1) is 0 Å². The zero-order chi connectivity index (χ0) is 19.9. The maximum absolute atomic E-state index is 12.8. The number of carbonyl (C=O) groups is 2. The summed E-state index contributed by atoms with van der Waals surface area (Å²) >= 11 is 0. The summed E-state index contributed by atoms with van der Waals surface area (Å²) in [7, 11) is 3.15. The molecule has 6 nitrogen and oxygen atoms in total. The molecule has 0 aliphatic carbocycles. The first-order valence-corrected chi connectivity index (χ1v) is 9.45. The van der Waals surface area contributed by atoms with Crippen LogP contribution in [-0.4, -0.2) is 43.5 Å². The molecule has 0 spiro atoms. The predicted molar refractivity (Wildman–Crippen MR) is 106 cm³/mol. The molecule has 1 atom stereocenters. The molecule has 2 aromatic carbocycles. The van der Waals surface area contributed by atoms with Crippen molar-refractivity contribution < 1.29 is 19.1 Å². The van der Waals surface area contributed by atoms with Crippen molar-refractivity contribution in [1.82, 2.24) is 10.2 Å². The van der Waals surface area contributed by atoms with E-state index in [9.17, 15) is 9.59 Å². The van der Waals surface area contributed by atoms with E-state index in [1.165, 1.54) is 0 Å². The van der Waals surface area contributed by atoms with Gasteiger partial charge in [0.05, 0.1) is 20.6 Å². The van der Waals surface area contributed by atoms with Gasteiger partial charge in [-0.1, -0.05) is 42.5 Å². The monoisotopic (exact) mass is 382 g/mol. The highest BCUT2D eigenvalue weighted by molar-refractivity contribution is 5.89. The van der Waals surface area contributed by atoms with E-state index in [-0.39, 0.29) is 11.8 Å². The quantitative estimate of drug-likeness (QED) is 0.799. The minimum Gasteiger partial charge on any atom is -0.493 e. The summed E-state index contributed by atoms with van der Waals surface area (Å²) in [6.07, 6.45) is 1.83. The third-order valence-corrected chi connectivity index (χ3v) is 5.01. The van der Waals surface area contributed by atoms with Crippen LogP contribution in [0.2, 0.25) is 0 Å². The van der Waals surface area contributed by atoms with Crippen LogP contribution in [0.5, 0.6) is 11.5 Å². The number of nitrogens with zero attached hydrogens (tertiary/aromatic N) is 1. The van der Waals surface area contributed by atoms with Crippen LogP contribution < -0.4 is 14.8 Å². The van der Waals surface area contributed by atoms with E-state index in [1.54, 1.807) is 19.1 Å². The van der Waals surface area contributed by atoms with Gasteiger partial charge in [-0.15, -0.1) is 0 Å². The largest absolute Gasteiger partial charge is 0.493 e. The molecule has 0 saturated carbocycles. The highest BCUT2D eigenvalue weighted by Gasteiger charge is 2.33. The second kappa shape index (κ2) is 9.26. The third kappa shape index (κ3) is 4.44. The van der Waals surface area contributed by atoms with E-state index >= 15 is 0 Å². The molecule has 148 valence electrons. The van der Waals surface area contributed by atoms with Gasteiger partial charge in [0.25, 0.3) is 0 Å². The van der Waals surface area contributed by atoms with Gasteiger partial charge in [0, 0.05) is 18.7 Å². The first-order chi connectivity index (χ1) is 13.6. The normalized spacial score (nSPS) is 15.9. The molecule has 1 N–H and O–H groups in total. The summed E-state index contributed by atoms with van der Waals surface area (Å²) in [4.78, 5) is 27.2. The molecular weight excluding hydrogens is 356 g/mol. The summed E-state index contributed by atoms with van der Waals surface area (Å²) in [5.41, 5.74) is 1.79. The molecule has 1 saturated heterocycles. The highest BCUT2D eigenvalue weighted by atomic mass is 16.5. The van der Waals surface area contributed by atoms with Crippen molar-refractivity contribution in [2.75, 3.05) is 20.8 Å². The number of amides is 2. The maximum Gasteiger partial charge on any atom is 0.243 e. The molecule has 0 radical (unpaired) electrons. The first kappa shape index (κ1) is 19.7. The summed E-state index contributed by atoms with van der Waals surface area (Å²) < 4.78 is 10.7. The average molecular weight is 382 g/mol. The van der Waals surface area contributed by atoms with Gasteiger partial charge in [0.1, 0.15) is 6.04 Å². The number of benzene rings is 2. The Kier molecular flexibility index (Phi) is 6.53. The zero-order valence-electron chi connectivity index (χ0n) is 16.3. The molecule has 1 fully saturated rings. The summed E-state index contributed by atoms with van der Waals surface area (Å²) in [6, 6.07) is 14.7. The number of hydrogen-bond acceptors (Lipinski definition) is 4. The fourth-order valence-corrected chi connectivity index (χ4v) is 3.60.